The quantitative estimate of drug-likeness (QED) is 0.583. The third-order valence-electron chi connectivity index (χ3n) is 2.38. The fourth-order valence-corrected chi connectivity index (χ4v) is 1.52. The second kappa shape index (κ2) is 4.45. The van der Waals surface area contributed by atoms with Crippen LogP contribution in [0.5, 0.6) is 0 Å². The Bertz CT molecular complexity index is 488. The van der Waals surface area contributed by atoms with Crippen LogP contribution in [0.25, 0.3) is 0 Å². The maximum atomic E-state index is 11.4. The molecule has 1 aliphatic heterocycles. The molecule has 0 atom stereocenters. The predicted octanol–water partition coefficient (Wildman–Crippen LogP) is -2.49. The van der Waals surface area contributed by atoms with Gasteiger partial charge in [-0.3, -0.25) is 14.9 Å². The molecule has 0 aliphatic carbocycles. The first kappa shape index (κ1) is 10.8. The van der Waals surface area contributed by atoms with Gasteiger partial charge in [0.05, 0.1) is 19.9 Å². The predicted molar refractivity (Wildman–Crippen MR) is 54.3 cm³/mol. The van der Waals surface area contributed by atoms with Gasteiger partial charge in [-0.25, -0.2) is 19.0 Å². The van der Waals surface area contributed by atoms with E-state index >= 15 is 0 Å². The summed E-state index contributed by atoms with van der Waals surface area (Å²) in [5, 5.41) is 0. The summed E-state index contributed by atoms with van der Waals surface area (Å²) in [6.45, 7) is 2.64. The smallest absolute Gasteiger partial charge is 0.334 e. The highest BCUT2D eigenvalue weighted by Crippen LogP contribution is 1.96. The first-order chi connectivity index (χ1) is 7.66. The topological polar surface area (TPSA) is 100 Å². The minimum absolute atomic E-state index is 0.161. The molecule has 8 nitrogen and oxygen atoms in total. The molecule has 88 valence electrons. The van der Waals surface area contributed by atoms with Crippen LogP contribution in [0.2, 0.25) is 0 Å². The number of nitrogens with zero attached hydrogens (tertiary/aromatic N) is 2. The second-order valence-corrected chi connectivity index (χ2v) is 3.49. The molecular weight excluding hydrogens is 216 g/mol. The number of morpholine rings is 1. The van der Waals surface area contributed by atoms with Gasteiger partial charge in [-0.05, 0) is 0 Å². The van der Waals surface area contributed by atoms with Gasteiger partial charge in [0.2, 0.25) is 0 Å². The van der Waals surface area contributed by atoms with Gasteiger partial charge in [-0.2, -0.15) is 0 Å². The molecule has 1 aromatic heterocycles. The number of hydrogen-bond acceptors (Lipinski definition) is 5. The molecule has 8 heteroatoms. The highest BCUT2D eigenvalue weighted by molar-refractivity contribution is 4.70. The van der Waals surface area contributed by atoms with Crippen LogP contribution in [-0.4, -0.2) is 45.7 Å². The van der Waals surface area contributed by atoms with Crippen molar-refractivity contribution in [2.45, 2.75) is 6.67 Å². The van der Waals surface area contributed by atoms with Gasteiger partial charge >= 0.3 is 17.1 Å². The molecule has 2 N–H and O–H groups in total. The van der Waals surface area contributed by atoms with Crippen LogP contribution in [0.4, 0.5) is 0 Å². The van der Waals surface area contributed by atoms with Crippen molar-refractivity contribution in [3.05, 3.63) is 31.5 Å². The number of rotatable bonds is 2. The van der Waals surface area contributed by atoms with Gasteiger partial charge in [0.25, 0.3) is 0 Å². The van der Waals surface area contributed by atoms with E-state index in [1.807, 2.05) is 14.9 Å². The zero-order valence-corrected chi connectivity index (χ0v) is 8.56. The van der Waals surface area contributed by atoms with E-state index in [0.29, 0.717) is 26.3 Å². The molecule has 0 aromatic carbocycles. The van der Waals surface area contributed by atoms with Crippen molar-refractivity contribution in [1.29, 1.82) is 0 Å². The Morgan fingerprint density at radius 2 is 1.62 bits per heavy atom. The number of aromatic nitrogens is 3. The van der Waals surface area contributed by atoms with Crippen molar-refractivity contribution >= 4 is 0 Å². The largest absolute Gasteiger partial charge is 0.379 e. The molecule has 1 fully saturated rings. The lowest BCUT2D eigenvalue weighted by Crippen LogP contribution is -2.48. The zero-order chi connectivity index (χ0) is 11.5. The summed E-state index contributed by atoms with van der Waals surface area (Å²) in [6, 6.07) is 0. The van der Waals surface area contributed by atoms with E-state index in [2.05, 4.69) is 0 Å². The molecule has 0 spiro atoms. The molecule has 1 saturated heterocycles. The fourth-order valence-electron chi connectivity index (χ4n) is 1.52. The normalized spacial score (nSPS) is 17.5. The van der Waals surface area contributed by atoms with E-state index in [-0.39, 0.29) is 6.67 Å². The molecule has 16 heavy (non-hydrogen) atoms. The average Bonchev–Trinajstić information content (AvgIpc) is 2.25. The molecule has 2 heterocycles. The van der Waals surface area contributed by atoms with Crippen LogP contribution >= 0.6 is 0 Å². The maximum Gasteiger partial charge on any atom is 0.334 e. The van der Waals surface area contributed by atoms with Crippen molar-refractivity contribution in [3.63, 3.8) is 0 Å². The lowest BCUT2D eigenvalue weighted by molar-refractivity contribution is 0.0217. The first-order valence-corrected chi connectivity index (χ1v) is 4.90. The molecule has 0 unspecified atom stereocenters. The van der Waals surface area contributed by atoms with Gasteiger partial charge in [0, 0.05) is 13.1 Å². The fraction of sp³-hybridized carbons (Fsp3) is 0.625. The van der Waals surface area contributed by atoms with E-state index in [1.54, 1.807) is 0 Å². The monoisotopic (exact) mass is 228 g/mol. The van der Waals surface area contributed by atoms with Gasteiger partial charge < -0.3 is 4.74 Å². The highest BCUT2D eigenvalue weighted by Gasteiger charge is 2.12. The van der Waals surface area contributed by atoms with E-state index in [9.17, 15) is 14.4 Å². The Morgan fingerprint density at radius 1 is 1.06 bits per heavy atom. The summed E-state index contributed by atoms with van der Waals surface area (Å²) in [5.41, 5.74) is -2.17. The summed E-state index contributed by atoms with van der Waals surface area (Å²) < 4.78 is 6.10. The molecule has 2 rings (SSSR count). The van der Waals surface area contributed by atoms with E-state index in [0.717, 1.165) is 4.57 Å². The lowest BCUT2D eigenvalue weighted by atomic mass is 10.4. The van der Waals surface area contributed by atoms with Crippen LogP contribution in [0.15, 0.2) is 14.4 Å². The van der Waals surface area contributed by atoms with Crippen LogP contribution < -0.4 is 17.1 Å². The molecule has 0 radical (unpaired) electrons. The van der Waals surface area contributed by atoms with Crippen molar-refractivity contribution in [3.8, 4) is 0 Å². The van der Waals surface area contributed by atoms with Gasteiger partial charge in [-0.15, -0.1) is 0 Å². The number of ether oxygens (including phenoxy) is 1. The zero-order valence-electron chi connectivity index (χ0n) is 8.56. The summed E-state index contributed by atoms with van der Waals surface area (Å²) >= 11 is 0. The minimum atomic E-state index is -0.784. The Balaban J connectivity index is 2.24. The summed E-state index contributed by atoms with van der Waals surface area (Å²) in [4.78, 5) is 39.4. The summed E-state index contributed by atoms with van der Waals surface area (Å²) in [6.07, 6.45) is 0. The highest BCUT2D eigenvalue weighted by atomic mass is 16.5. The molecule has 0 amide bonds. The number of H-pyrrole nitrogens is 2. The van der Waals surface area contributed by atoms with E-state index < -0.39 is 17.1 Å². The van der Waals surface area contributed by atoms with Crippen LogP contribution in [0.3, 0.4) is 0 Å². The molecular formula is C8H12N4O4. The Hall–Kier alpha value is -1.67. The Morgan fingerprint density at radius 3 is 2.19 bits per heavy atom. The Kier molecular flexibility index (Phi) is 3.02. The van der Waals surface area contributed by atoms with Crippen LogP contribution in [0.1, 0.15) is 0 Å². The molecule has 0 saturated carbocycles. The van der Waals surface area contributed by atoms with E-state index in [4.69, 9.17) is 4.74 Å². The molecule has 1 aliphatic rings. The van der Waals surface area contributed by atoms with Crippen LogP contribution in [-0.2, 0) is 11.4 Å². The van der Waals surface area contributed by atoms with Crippen LogP contribution in [0, 0.1) is 0 Å². The third kappa shape index (κ3) is 2.28. The summed E-state index contributed by atoms with van der Waals surface area (Å²) in [7, 11) is 0. The van der Waals surface area contributed by atoms with Gasteiger partial charge in [0.15, 0.2) is 0 Å². The third-order valence-corrected chi connectivity index (χ3v) is 2.38. The molecule has 0 bridgehead atoms. The van der Waals surface area contributed by atoms with Crippen molar-refractivity contribution in [2.24, 2.45) is 0 Å². The van der Waals surface area contributed by atoms with Gasteiger partial charge in [-0.1, -0.05) is 0 Å². The maximum absolute atomic E-state index is 11.4. The number of aromatic amines is 2. The lowest BCUT2D eigenvalue weighted by Gasteiger charge is -2.26. The first-order valence-electron chi connectivity index (χ1n) is 4.90. The van der Waals surface area contributed by atoms with Crippen molar-refractivity contribution < 1.29 is 4.74 Å². The van der Waals surface area contributed by atoms with E-state index in [1.165, 1.54) is 0 Å². The number of nitrogens with one attached hydrogen (secondary N) is 2. The average molecular weight is 228 g/mol. The molecule has 1 aromatic rings. The van der Waals surface area contributed by atoms with Gasteiger partial charge in [0.1, 0.15) is 0 Å². The summed E-state index contributed by atoms with van der Waals surface area (Å²) in [5.74, 6) is 0. The SMILES string of the molecule is O=c1[nH]c(=O)n(CN2CCOCC2)c(=O)[nH]1. The minimum Gasteiger partial charge on any atom is -0.379 e. The Labute approximate surface area is 89.5 Å². The van der Waals surface area contributed by atoms with Crippen molar-refractivity contribution in [2.75, 3.05) is 26.3 Å². The second-order valence-electron chi connectivity index (χ2n) is 3.49. The standard InChI is InChI=1S/C8H12N4O4/c13-6-9-7(14)12(8(15)10-6)5-11-1-3-16-4-2-11/h1-5H2,(H2,9,10,13,14,15). The number of hydrogen-bond donors (Lipinski definition) is 2. The van der Waals surface area contributed by atoms with Crippen molar-refractivity contribution in [1.82, 2.24) is 19.4 Å².